The predicted molar refractivity (Wildman–Crippen MR) is 108 cm³/mol. The first-order chi connectivity index (χ1) is 13.2. The molecule has 0 atom stereocenters. The third kappa shape index (κ3) is 3.38. The van der Waals surface area contributed by atoms with E-state index in [4.69, 9.17) is 9.47 Å². The van der Waals surface area contributed by atoms with Crippen molar-refractivity contribution in [2.45, 2.75) is 0 Å². The van der Waals surface area contributed by atoms with Crippen LogP contribution < -0.4 is 14.4 Å². The van der Waals surface area contributed by atoms with Gasteiger partial charge in [0, 0.05) is 5.69 Å². The summed E-state index contributed by atoms with van der Waals surface area (Å²) in [6.07, 6.45) is 1.78. The molecule has 7 heteroatoms. The highest BCUT2D eigenvalue weighted by molar-refractivity contribution is 8.14. The maximum Gasteiger partial charge on any atom is 0.280 e. The highest BCUT2D eigenvalue weighted by atomic mass is 32.2. The van der Waals surface area contributed by atoms with E-state index in [0.29, 0.717) is 23.9 Å². The van der Waals surface area contributed by atoms with Crippen LogP contribution in [0.3, 0.4) is 0 Å². The lowest BCUT2D eigenvalue weighted by atomic mass is 10.1. The van der Waals surface area contributed by atoms with Gasteiger partial charge in [0.15, 0.2) is 16.7 Å². The Hall–Kier alpha value is -2.93. The lowest BCUT2D eigenvalue weighted by molar-refractivity contribution is -0.122. The second kappa shape index (κ2) is 7.36. The number of benzene rings is 2. The van der Waals surface area contributed by atoms with Crippen molar-refractivity contribution in [3.63, 3.8) is 0 Å². The molecule has 0 saturated carbocycles. The van der Waals surface area contributed by atoms with Crippen molar-refractivity contribution >= 4 is 34.6 Å². The molecule has 2 aromatic carbocycles. The van der Waals surface area contributed by atoms with E-state index in [1.165, 1.54) is 0 Å². The highest BCUT2D eigenvalue weighted by Crippen LogP contribution is 2.32. The zero-order chi connectivity index (χ0) is 18.8. The number of hydrogen-bond donors (Lipinski definition) is 0. The molecule has 2 heterocycles. The zero-order valence-corrected chi connectivity index (χ0v) is 15.9. The van der Waals surface area contributed by atoms with Gasteiger partial charge >= 0.3 is 0 Å². The number of methoxy groups -OCH3 is 2. The van der Waals surface area contributed by atoms with Crippen molar-refractivity contribution in [1.82, 2.24) is 4.90 Å². The van der Waals surface area contributed by atoms with E-state index in [1.807, 2.05) is 48.5 Å². The largest absolute Gasteiger partial charge is 0.493 e. The number of aliphatic imine (C=N–C) groups is 1. The molecule has 0 spiro atoms. The number of anilines is 1. The first kappa shape index (κ1) is 17.5. The van der Waals surface area contributed by atoms with Gasteiger partial charge < -0.3 is 14.4 Å². The predicted octanol–water partition coefficient (Wildman–Crippen LogP) is 3.41. The van der Waals surface area contributed by atoms with E-state index in [-0.39, 0.29) is 5.91 Å². The Morgan fingerprint density at radius 3 is 2.59 bits per heavy atom. The number of rotatable bonds is 4. The average Bonchev–Trinajstić information content (AvgIpc) is 3.03. The molecule has 4 rings (SSSR count). The monoisotopic (exact) mass is 381 g/mol. The van der Waals surface area contributed by atoms with Crippen LogP contribution in [0.1, 0.15) is 5.56 Å². The smallest absolute Gasteiger partial charge is 0.280 e. The normalized spacial score (nSPS) is 17.8. The summed E-state index contributed by atoms with van der Waals surface area (Å²) in [6.45, 7) is 0.498. The Bertz CT molecular complexity index is 927. The minimum absolute atomic E-state index is 0.0899. The molecule has 27 heavy (non-hydrogen) atoms. The van der Waals surface area contributed by atoms with Crippen LogP contribution >= 0.6 is 11.8 Å². The number of fused-ring (bicyclic) bond motifs is 1. The second-order valence-corrected chi connectivity index (χ2v) is 6.97. The van der Waals surface area contributed by atoms with Crippen LogP contribution in [-0.2, 0) is 4.79 Å². The van der Waals surface area contributed by atoms with Gasteiger partial charge in [-0.2, -0.15) is 0 Å². The molecule has 138 valence electrons. The quantitative estimate of drug-likeness (QED) is 0.760. The second-order valence-electron chi connectivity index (χ2n) is 6.06. The van der Waals surface area contributed by atoms with Gasteiger partial charge in [-0.3, -0.25) is 9.69 Å². The molecule has 1 fully saturated rings. The summed E-state index contributed by atoms with van der Waals surface area (Å²) in [5.41, 5.74) is 2.36. The molecule has 0 radical (unpaired) electrons. The molecule has 0 unspecified atom stereocenters. The summed E-state index contributed by atoms with van der Waals surface area (Å²) in [5.74, 6) is 1.94. The maximum absolute atomic E-state index is 12.8. The Morgan fingerprint density at radius 1 is 1.07 bits per heavy atom. The number of thioether (sulfide) groups is 1. The topological polar surface area (TPSA) is 54.4 Å². The van der Waals surface area contributed by atoms with Crippen LogP contribution in [-0.4, -0.2) is 42.7 Å². The molecule has 2 aliphatic heterocycles. The van der Waals surface area contributed by atoms with E-state index in [2.05, 4.69) is 9.89 Å². The van der Waals surface area contributed by atoms with E-state index in [9.17, 15) is 4.79 Å². The Morgan fingerprint density at radius 2 is 1.85 bits per heavy atom. The summed E-state index contributed by atoms with van der Waals surface area (Å²) < 4.78 is 10.6. The molecule has 0 aliphatic carbocycles. The number of amidine groups is 1. The molecule has 0 aromatic heterocycles. The van der Waals surface area contributed by atoms with Gasteiger partial charge in [0.25, 0.3) is 5.91 Å². The van der Waals surface area contributed by atoms with E-state index < -0.39 is 0 Å². The number of hydrogen-bond acceptors (Lipinski definition) is 6. The lowest BCUT2D eigenvalue weighted by Gasteiger charge is -2.34. The van der Waals surface area contributed by atoms with Crippen LogP contribution in [0.5, 0.6) is 11.5 Å². The van der Waals surface area contributed by atoms with Crippen LogP contribution in [0.15, 0.2) is 59.2 Å². The Kier molecular flexibility index (Phi) is 4.77. The van der Waals surface area contributed by atoms with Gasteiger partial charge in [-0.05, 0) is 35.9 Å². The fourth-order valence-electron chi connectivity index (χ4n) is 3.01. The molecule has 2 aromatic rings. The summed E-state index contributed by atoms with van der Waals surface area (Å²) >= 11 is 1.56. The summed E-state index contributed by atoms with van der Waals surface area (Å²) in [6, 6.07) is 15.6. The lowest BCUT2D eigenvalue weighted by Crippen LogP contribution is -2.46. The van der Waals surface area contributed by atoms with Gasteiger partial charge in [-0.15, -0.1) is 0 Å². The summed E-state index contributed by atoms with van der Waals surface area (Å²) in [5, 5.41) is 0.749. The SMILES string of the molecule is COc1ccc(C=C2N=C3SCN(c4ccccc4)CN3C2=O)cc1OC. The third-order valence-electron chi connectivity index (χ3n) is 4.41. The summed E-state index contributed by atoms with van der Waals surface area (Å²) in [4.78, 5) is 21.2. The first-order valence-electron chi connectivity index (χ1n) is 8.46. The van der Waals surface area contributed by atoms with Crippen molar-refractivity contribution in [2.24, 2.45) is 4.99 Å². The minimum Gasteiger partial charge on any atom is -0.493 e. The molecule has 6 nitrogen and oxygen atoms in total. The van der Waals surface area contributed by atoms with Gasteiger partial charge in [0.05, 0.1) is 20.1 Å². The van der Waals surface area contributed by atoms with Crippen LogP contribution in [0.4, 0.5) is 5.69 Å². The number of amides is 1. The van der Waals surface area contributed by atoms with Crippen molar-refractivity contribution < 1.29 is 14.3 Å². The van der Waals surface area contributed by atoms with E-state index in [0.717, 1.165) is 22.3 Å². The number of ether oxygens (including phenoxy) is 2. The van der Waals surface area contributed by atoms with Gasteiger partial charge in [0.1, 0.15) is 12.4 Å². The van der Waals surface area contributed by atoms with Crippen molar-refractivity contribution in [2.75, 3.05) is 31.7 Å². The van der Waals surface area contributed by atoms with E-state index >= 15 is 0 Å². The number of carbonyl (C=O) groups excluding carboxylic acids is 1. The van der Waals surface area contributed by atoms with Gasteiger partial charge in [-0.1, -0.05) is 36.0 Å². The first-order valence-corrected chi connectivity index (χ1v) is 9.45. The molecular weight excluding hydrogens is 362 g/mol. The fourth-order valence-corrected chi connectivity index (χ4v) is 3.97. The highest BCUT2D eigenvalue weighted by Gasteiger charge is 2.35. The third-order valence-corrected chi connectivity index (χ3v) is 5.42. The molecule has 0 N–H and O–H groups in total. The van der Waals surface area contributed by atoms with Crippen molar-refractivity contribution in [1.29, 1.82) is 0 Å². The molecule has 0 bridgehead atoms. The summed E-state index contributed by atoms with van der Waals surface area (Å²) in [7, 11) is 3.18. The zero-order valence-electron chi connectivity index (χ0n) is 15.1. The van der Waals surface area contributed by atoms with Crippen molar-refractivity contribution in [3.8, 4) is 11.5 Å². The van der Waals surface area contributed by atoms with Crippen LogP contribution in [0.25, 0.3) is 6.08 Å². The number of nitrogens with zero attached hydrogens (tertiary/aromatic N) is 3. The molecule has 2 aliphatic rings. The average molecular weight is 381 g/mol. The fraction of sp³-hybridized carbons (Fsp3) is 0.200. The van der Waals surface area contributed by atoms with Gasteiger partial charge in [0.2, 0.25) is 0 Å². The number of carbonyl (C=O) groups is 1. The standard InChI is InChI=1S/C20H19N3O3S/c1-25-17-9-8-14(11-18(17)26-2)10-16-19(24)23-12-22(13-27-20(23)21-16)15-6-4-3-5-7-15/h3-11H,12-13H2,1-2H3. The minimum atomic E-state index is -0.0899. The Balaban J connectivity index is 1.57. The number of para-hydroxylation sites is 1. The molecular formula is C20H19N3O3S. The van der Waals surface area contributed by atoms with E-state index in [1.54, 1.807) is 37.0 Å². The van der Waals surface area contributed by atoms with Crippen molar-refractivity contribution in [3.05, 3.63) is 59.8 Å². The molecule has 1 amide bonds. The maximum atomic E-state index is 12.8. The Labute approximate surface area is 162 Å². The van der Waals surface area contributed by atoms with Gasteiger partial charge in [-0.25, -0.2) is 4.99 Å². The van der Waals surface area contributed by atoms with Crippen LogP contribution in [0.2, 0.25) is 0 Å². The van der Waals surface area contributed by atoms with Crippen LogP contribution in [0, 0.1) is 0 Å². The molecule has 1 saturated heterocycles.